The van der Waals surface area contributed by atoms with Gasteiger partial charge in [0, 0.05) is 16.6 Å². The minimum atomic E-state index is 0.730. The molecule has 0 heterocycles. The summed E-state index contributed by atoms with van der Waals surface area (Å²) in [5, 5.41) is 3.58. The number of nitrogens with one attached hydrogen (secondary N) is 1. The minimum Gasteiger partial charge on any atom is -0.381 e. The fourth-order valence-corrected chi connectivity index (χ4v) is 2.10. The van der Waals surface area contributed by atoms with Gasteiger partial charge in [0.2, 0.25) is 0 Å². The first-order valence-corrected chi connectivity index (χ1v) is 6.02. The molecule has 1 aromatic rings. The van der Waals surface area contributed by atoms with Crippen LogP contribution < -0.4 is 5.32 Å². The first-order valence-electron chi connectivity index (χ1n) is 4.79. The monoisotopic (exact) mass is 193 g/mol. The van der Waals surface area contributed by atoms with Crippen LogP contribution in [0.3, 0.4) is 0 Å². The number of anilines is 1. The van der Waals surface area contributed by atoms with Gasteiger partial charge in [-0.1, -0.05) is 12.1 Å². The Kier molecular flexibility index (Phi) is 2.79. The van der Waals surface area contributed by atoms with Gasteiger partial charge in [-0.25, -0.2) is 0 Å². The van der Waals surface area contributed by atoms with Crippen LogP contribution in [0.5, 0.6) is 0 Å². The maximum absolute atomic E-state index is 3.58. The van der Waals surface area contributed by atoms with Crippen molar-refractivity contribution in [3.8, 4) is 0 Å². The molecule has 0 unspecified atom stereocenters. The predicted octanol–water partition coefficient (Wildman–Crippen LogP) is 3.37. The van der Waals surface area contributed by atoms with E-state index in [9.17, 15) is 0 Å². The van der Waals surface area contributed by atoms with Gasteiger partial charge in [0.05, 0.1) is 0 Å². The highest BCUT2D eigenvalue weighted by Crippen LogP contribution is 2.29. The Morgan fingerprint density at radius 1 is 1.31 bits per heavy atom. The molecule has 0 aliphatic heterocycles. The Labute approximate surface area is 83.9 Å². The summed E-state index contributed by atoms with van der Waals surface area (Å²) in [6.07, 6.45) is 6.19. The predicted molar refractivity (Wildman–Crippen MR) is 59.5 cm³/mol. The highest BCUT2D eigenvalue weighted by atomic mass is 32.2. The van der Waals surface area contributed by atoms with E-state index in [0.717, 1.165) is 6.04 Å². The number of thioether (sulfide) groups is 1. The summed E-state index contributed by atoms with van der Waals surface area (Å²) in [6, 6.07) is 9.27. The number of para-hydroxylation sites is 1. The summed E-state index contributed by atoms with van der Waals surface area (Å²) in [6.45, 7) is 0. The van der Waals surface area contributed by atoms with Crippen molar-refractivity contribution in [3.63, 3.8) is 0 Å². The zero-order valence-corrected chi connectivity index (χ0v) is 8.73. The van der Waals surface area contributed by atoms with E-state index in [4.69, 9.17) is 0 Å². The Bertz CT molecular complexity index is 281. The summed E-state index contributed by atoms with van der Waals surface area (Å²) in [4.78, 5) is 1.36. The molecule has 0 atom stereocenters. The average Bonchev–Trinajstić information content (AvgIpc) is 2.12. The van der Waals surface area contributed by atoms with Gasteiger partial charge in [0.25, 0.3) is 0 Å². The molecule has 0 aromatic heterocycles. The number of rotatable bonds is 3. The Morgan fingerprint density at radius 2 is 2.08 bits per heavy atom. The van der Waals surface area contributed by atoms with Crippen LogP contribution in [0.15, 0.2) is 29.2 Å². The standard InChI is InChI=1S/C11H15NS/c1-13-11-8-3-2-7-10(11)12-9-5-4-6-9/h2-3,7-9,12H,4-6H2,1H3. The fraction of sp³-hybridized carbons (Fsp3) is 0.455. The fourth-order valence-electron chi connectivity index (χ4n) is 1.54. The molecular weight excluding hydrogens is 178 g/mol. The van der Waals surface area contributed by atoms with Gasteiger partial charge in [-0.15, -0.1) is 11.8 Å². The molecule has 1 aliphatic carbocycles. The smallest absolute Gasteiger partial charge is 0.0480 e. The molecule has 2 heteroatoms. The van der Waals surface area contributed by atoms with Gasteiger partial charge in [-0.05, 0) is 37.7 Å². The first kappa shape index (κ1) is 8.95. The van der Waals surface area contributed by atoms with Crippen molar-refractivity contribution in [3.05, 3.63) is 24.3 Å². The molecule has 13 heavy (non-hydrogen) atoms. The van der Waals surface area contributed by atoms with Gasteiger partial charge in [0.1, 0.15) is 0 Å². The van der Waals surface area contributed by atoms with Crippen molar-refractivity contribution in [1.29, 1.82) is 0 Å². The molecule has 0 saturated heterocycles. The molecule has 0 bridgehead atoms. The third-order valence-electron chi connectivity index (χ3n) is 2.57. The zero-order valence-electron chi connectivity index (χ0n) is 7.92. The molecule has 70 valence electrons. The van der Waals surface area contributed by atoms with Gasteiger partial charge in [-0.3, -0.25) is 0 Å². The van der Waals surface area contributed by atoms with E-state index in [2.05, 4.69) is 35.8 Å². The number of benzene rings is 1. The third kappa shape index (κ3) is 1.99. The van der Waals surface area contributed by atoms with Crippen LogP contribution in [0, 0.1) is 0 Å². The lowest BCUT2D eigenvalue weighted by Gasteiger charge is -2.28. The summed E-state index contributed by atoms with van der Waals surface area (Å²) in [7, 11) is 0. The van der Waals surface area contributed by atoms with E-state index < -0.39 is 0 Å². The lowest BCUT2D eigenvalue weighted by Crippen LogP contribution is -2.27. The van der Waals surface area contributed by atoms with Crippen LogP contribution >= 0.6 is 11.8 Å². The van der Waals surface area contributed by atoms with Gasteiger partial charge >= 0.3 is 0 Å². The normalized spacial score (nSPS) is 16.7. The van der Waals surface area contributed by atoms with Crippen LogP contribution in [-0.2, 0) is 0 Å². The van der Waals surface area contributed by atoms with Crippen molar-refractivity contribution in [1.82, 2.24) is 0 Å². The molecule has 1 nitrogen and oxygen atoms in total. The maximum Gasteiger partial charge on any atom is 0.0480 e. The Hall–Kier alpha value is -0.630. The molecule has 1 aromatic carbocycles. The second-order valence-corrected chi connectivity index (χ2v) is 4.32. The van der Waals surface area contributed by atoms with Crippen LogP contribution in [-0.4, -0.2) is 12.3 Å². The third-order valence-corrected chi connectivity index (χ3v) is 3.37. The molecule has 1 saturated carbocycles. The summed E-state index contributed by atoms with van der Waals surface area (Å²) < 4.78 is 0. The lowest BCUT2D eigenvalue weighted by atomic mass is 9.93. The second-order valence-electron chi connectivity index (χ2n) is 3.47. The van der Waals surface area contributed by atoms with Crippen molar-refractivity contribution in [2.45, 2.75) is 30.2 Å². The van der Waals surface area contributed by atoms with Crippen molar-refractivity contribution in [2.24, 2.45) is 0 Å². The van der Waals surface area contributed by atoms with Crippen molar-refractivity contribution in [2.75, 3.05) is 11.6 Å². The molecule has 0 amide bonds. The highest BCUT2D eigenvalue weighted by molar-refractivity contribution is 7.98. The van der Waals surface area contributed by atoms with E-state index in [1.54, 1.807) is 0 Å². The highest BCUT2D eigenvalue weighted by Gasteiger charge is 2.17. The summed E-state index contributed by atoms with van der Waals surface area (Å²) >= 11 is 1.81. The molecule has 1 N–H and O–H groups in total. The largest absolute Gasteiger partial charge is 0.381 e. The topological polar surface area (TPSA) is 12.0 Å². The zero-order chi connectivity index (χ0) is 9.10. The molecule has 1 fully saturated rings. The number of hydrogen-bond acceptors (Lipinski definition) is 2. The molecule has 2 rings (SSSR count). The molecule has 0 radical (unpaired) electrons. The van der Waals surface area contributed by atoms with Crippen LogP contribution in [0.4, 0.5) is 5.69 Å². The van der Waals surface area contributed by atoms with Gasteiger partial charge in [-0.2, -0.15) is 0 Å². The number of hydrogen-bond donors (Lipinski definition) is 1. The average molecular weight is 193 g/mol. The minimum absolute atomic E-state index is 0.730. The second kappa shape index (κ2) is 4.05. The molecule has 1 aliphatic rings. The van der Waals surface area contributed by atoms with E-state index in [1.165, 1.54) is 29.8 Å². The van der Waals surface area contributed by atoms with Gasteiger partial charge in [0.15, 0.2) is 0 Å². The molecule has 0 spiro atoms. The first-order chi connectivity index (χ1) is 6.40. The summed E-state index contributed by atoms with van der Waals surface area (Å²) in [5.74, 6) is 0. The molecular formula is C11H15NS. The maximum atomic E-state index is 3.58. The Balaban J connectivity index is 2.08. The lowest BCUT2D eigenvalue weighted by molar-refractivity contribution is 0.445. The van der Waals surface area contributed by atoms with Crippen LogP contribution in [0.2, 0.25) is 0 Å². The van der Waals surface area contributed by atoms with Crippen LogP contribution in [0.1, 0.15) is 19.3 Å². The quantitative estimate of drug-likeness (QED) is 0.739. The van der Waals surface area contributed by atoms with Crippen LogP contribution in [0.25, 0.3) is 0 Å². The summed E-state index contributed by atoms with van der Waals surface area (Å²) in [5.41, 5.74) is 1.31. The van der Waals surface area contributed by atoms with Crippen molar-refractivity contribution < 1.29 is 0 Å². The van der Waals surface area contributed by atoms with E-state index in [-0.39, 0.29) is 0 Å². The Morgan fingerprint density at radius 3 is 2.69 bits per heavy atom. The van der Waals surface area contributed by atoms with E-state index in [0.29, 0.717) is 0 Å². The van der Waals surface area contributed by atoms with E-state index in [1.807, 2.05) is 11.8 Å². The SMILES string of the molecule is CSc1ccccc1NC1CCC1. The van der Waals surface area contributed by atoms with Gasteiger partial charge < -0.3 is 5.32 Å². The van der Waals surface area contributed by atoms with Crippen molar-refractivity contribution >= 4 is 17.4 Å². The van der Waals surface area contributed by atoms with E-state index >= 15 is 0 Å².